The molecular formula is C29H29ClFN3O2. The summed E-state index contributed by atoms with van der Waals surface area (Å²) in [6.45, 7) is 3.82. The van der Waals surface area contributed by atoms with Crippen LogP contribution in [-0.2, 0) is 0 Å². The number of hydrogen-bond acceptors (Lipinski definition) is 3. The van der Waals surface area contributed by atoms with Gasteiger partial charge in [-0.25, -0.2) is 4.39 Å². The maximum atomic E-state index is 14.3. The summed E-state index contributed by atoms with van der Waals surface area (Å²) in [5.74, 6) is -0.270. The first-order chi connectivity index (χ1) is 17.5. The lowest BCUT2D eigenvalue weighted by atomic mass is 10.0. The summed E-state index contributed by atoms with van der Waals surface area (Å²) in [5, 5.41) is 3.36. The molecule has 3 unspecified atom stereocenters. The van der Waals surface area contributed by atoms with Crippen LogP contribution < -0.4 is 5.32 Å². The fraction of sp³-hybridized carbons (Fsp3) is 0.310. The van der Waals surface area contributed by atoms with Gasteiger partial charge in [0.15, 0.2) is 0 Å². The van der Waals surface area contributed by atoms with Gasteiger partial charge in [0.2, 0.25) is 0 Å². The van der Waals surface area contributed by atoms with Crippen molar-refractivity contribution in [2.75, 3.05) is 32.7 Å². The molecule has 0 bridgehead atoms. The van der Waals surface area contributed by atoms with Gasteiger partial charge in [0.05, 0.1) is 16.6 Å². The predicted octanol–water partition coefficient (Wildman–Crippen LogP) is 5.04. The molecular weight excluding hydrogens is 477 g/mol. The molecule has 36 heavy (non-hydrogen) atoms. The van der Waals surface area contributed by atoms with Gasteiger partial charge in [0.25, 0.3) is 11.8 Å². The first kappa shape index (κ1) is 24.5. The molecule has 0 aliphatic carbocycles. The number of carbonyl (C=O) groups is 2. The van der Waals surface area contributed by atoms with Crippen molar-refractivity contribution in [2.24, 2.45) is 11.8 Å². The van der Waals surface area contributed by atoms with Gasteiger partial charge in [-0.2, -0.15) is 0 Å². The lowest BCUT2D eigenvalue weighted by Gasteiger charge is -2.25. The number of likely N-dealkylation sites (tertiary alicyclic amines) is 2. The Balaban J connectivity index is 1.19. The molecule has 2 heterocycles. The van der Waals surface area contributed by atoms with E-state index in [1.54, 1.807) is 11.0 Å². The summed E-state index contributed by atoms with van der Waals surface area (Å²) >= 11 is 6.12. The van der Waals surface area contributed by atoms with Crippen LogP contribution in [0.15, 0.2) is 78.9 Å². The molecule has 2 fully saturated rings. The van der Waals surface area contributed by atoms with Crippen LogP contribution in [0.5, 0.6) is 0 Å². The van der Waals surface area contributed by atoms with E-state index in [0.29, 0.717) is 30.5 Å². The second-order valence-corrected chi connectivity index (χ2v) is 10.1. The maximum absolute atomic E-state index is 14.3. The van der Waals surface area contributed by atoms with Gasteiger partial charge in [0, 0.05) is 38.3 Å². The number of amides is 2. The van der Waals surface area contributed by atoms with Crippen LogP contribution in [0.3, 0.4) is 0 Å². The molecule has 0 aromatic heterocycles. The lowest BCUT2D eigenvalue weighted by Crippen LogP contribution is -2.35. The fourth-order valence-electron chi connectivity index (χ4n) is 5.45. The Morgan fingerprint density at radius 2 is 1.53 bits per heavy atom. The minimum absolute atomic E-state index is 0.0316. The quantitative estimate of drug-likeness (QED) is 0.489. The standard InChI is InChI=1S/C29H29ClFN3O2/c30-24-12-7-13-25(31)27(24)29(36)34-18-22-16-33(17-23(22)19-34)15-14-26(20-8-3-1-4-9-20)32-28(35)21-10-5-2-6-11-21/h1-13,22-23,26H,14-19H2,(H,32,35). The number of rotatable bonds is 7. The predicted molar refractivity (Wildman–Crippen MR) is 138 cm³/mol. The van der Waals surface area contributed by atoms with Gasteiger partial charge in [-0.15, -0.1) is 0 Å². The van der Waals surface area contributed by atoms with Gasteiger partial charge in [0.1, 0.15) is 5.82 Å². The highest BCUT2D eigenvalue weighted by atomic mass is 35.5. The number of hydrogen-bond donors (Lipinski definition) is 1. The van der Waals surface area contributed by atoms with Crippen LogP contribution >= 0.6 is 11.6 Å². The lowest BCUT2D eigenvalue weighted by molar-refractivity contribution is 0.0769. The fourth-order valence-corrected chi connectivity index (χ4v) is 5.69. The van der Waals surface area contributed by atoms with Crippen molar-refractivity contribution in [1.82, 2.24) is 15.1 Å². The Labute approximate surface area is 215 Å². The molecule has 2 aliphatic rings. The highest BCUT2D eigenvalue weighted by Gasteiger charge is 2.42. The average molecular weight is 506 g/mol. The van der Waals surface area contributed by atoms with E-state index in [-0.39, 0.29) is 28.4 Å². The van der Waals surface area contributed by atoms with Gasteiger partial charge in [-0.05, 0) is 48.1 Å². The van der Waals surface area contributed by atoms with Crippen molar-refractivity contribution < 1.29 is 14.0 Å². The highest BCUT2D eigenvalue weighted by Crippen LogP contribution is 2.33. The van der Waals surface area contributed by atoms with E-state index in [2.05, 4.69) is 10.2 Å². The molecule has 3 aromatic carbocycles. The first-order valence-corrected chi connectivity index (χ1v) is 12.7. The van der Waals surface area contributed by atoms with Crippen LogP contribution in [0.25, 0.3) is 0 Å². The molecule has 0 spiro atoms. The monoisotopic (exact) mass is 505 g/mol. The van der Waals surface area contributed by atoms with E-state index in [1.807, 2.05) is 60.7 Å². The van der Waals surface area contributed by atoms with E-state index in [9.17, 15) is 14.0 Å². The van der Waals surface area contributed by atoms with Crippen LogP contribution in [0.2, 0.25) is 5.02 Å². The molecule has 2 aliphatic heterocycles. The molecule has 7 heteroatoms. The summed E-state index contributed by atoms with van der Waals surface area (Å²) in [6, 6.07) is 23.6. The maximum Gasteiger partial charge on any atom is 0.258 e. The molecule has 3 aromatic rings. The number of carbonyl (C=O) groups excluding carboxylic acids is 2. The number of nitrogens with one attached hydrogen (secondary N) is 1. The Hall–Kier alpha value is -3.22. The van der Waals surface area contributed by atoms with Gasteiger partial charge in [-0.3, -0.25) is 9.59 Å². The van der Waals surface area contributed by atoms with Crippen LogP contribution in [-0.4, -0.2) is 54.3 Å². The smallest absolute Gasteiger partial charge is 0.258 e. The molecule has 0 saturated carbocycles. The third kappa shape index (κ3) is 5.30. The van der Waals surface area contributed by atoms with Gasteiger partial charge in [-0.1, -0.05) is 66.2 Å². The molecule has 2 saturated heterocycles. The largest absolute Gasteiger partial charge is 0.345 e. The first-order valence-electron chi connectivity index (χ1n) is 12.4. The van der Waals surface area contributed by atoms with E-state index in [0.717, 1.165) is 31.6 Å². The third-order valence-corrected chi connectivity index (χ3v) is 7.62. The SMILES string of the molecule is O=C(NC(CCN1CC2CN(C(=O)c3c(F)cccc3Cl)CC2C1)c1ccccc1)c1ccccc1. The number of halogens is 2. The molecule has 0 radical (unpaired) electrons. The summed E-state index contributed by atoms with van der Waals surface area (Å²) in [4.78, 5) is 29.9. The Bertz CT molecular complexity index is 1190. The van der Waals surface area contributed by atoms with Crippen LogP contribution in [0.1, 0.15) is 38.7 Å². The van der Waals surface area contributed by atoms with Crippen molar-refractivity contribution in [3.63, 3.8) is 0 Å². The minimum Gasteiger partial charge on any atom is -0.345 e. The Morgan fingerprint density at radius 3 is 2.17 bits per heavy atom. The van der Waals surface area contributed by atoms with Crippen molar-refractivity contribution in [3.05, 3.63) is 106 Å². The van der Waals surface area contributed by atoms with E-state index in [4.69, 9.17) is 11.6 Å². The topological polar surface area (TPSA) is 52.7 Å². The Morgan fingerprint density at radius 1 is 0.889 bits per heavy atom. The zero-order valence-corrected chi connectivity index (χ0v) is 20.7. The second kappa shape index (κ2) is 10.8. The highest BCUT2D eigenvalue weighted by molar-refractivity contribution is 6.33. The molecule has 3 atom stereocenters. The number of benzene rings is 3. The summed E-state index contributed by atoms with van der Waals surface area (Å²) in [7, 11) is 0. The van der Waals surface area contributed by atoms with Crippen molar-refractivity contribution >= 4 is 23.4 Å². The third-order valence-electron chi connectivity index (χ3n) is 7.30. The number of nitrogens with zero attached hydrogens (tertiary/aromatic N) is 2. The van der Waals surface area contributed by atoms with Gasteiger partial charge < -0.3 is 15.1 Å². The normalized spacial score (nSPS) is 20.2. The molecule has 5 rings (SSSR count). The van der Waals surface area contributed by atoms with Crippen LogP contribution in [0.4, 0.5) is 4.39 Å². The van der Waals surface area contributed by atoms with E-state index in [1.165, 1.54) is 12.1 Å². The average Bonchev–Trinajstić information content (AvgIpc) is 3.46. The zero-order chi connectivity index (χ0) is 25.1. The van der Waals surface area contributed by atoms with E-state index >= 15 is 0 Å². The van der Waals surface area contributed by atoms with Crippen molar-refractivity contribution in [3.8, 4) is 0 Å². The molecule has 1 N–H and O–H groups in total. The molecule has 2 amide bonds. The molecule has 5 nitrogen and oxygen atoms in total. The van der Waals surface area contributed by atoms with E-state index < -0.39 is 5.82 Å². The van der Waals surface area contributed by atoms with Crippen molar-refractivity contribution in [1.29, 1.82) is 0 Å². The van der Waals surface area contributed by atoms with Crippen molar-refractivity contribution in [2.45, 2.75) is 12.5 Å². The second-order valence-electron chi connectivity index (χ2n) is 9.68. The summed E-state index contributed by atoms with van der Waals surface area (Å²) < 4.78 is 14.3. The zero-order valence-electron chi connectivity index (χ0n) is 19.9. The number of fused-ring (bicyclic) bond motifs is 1. The van der Waals surface area contributed by atoms with Crippen LogP contribution in [0, 0.1) is 17.7 Å². The minimum atomic E-state index is -0.573. The molecule has 186 valence electrons. The van der Waals surface area contributed by atoms with Gasteiger partial charge >= 0.3 is 0 Å². The summed E-state index contributed by atoms with van der Waals surface area (Å²) in [5.41, 5.74) is 1.70. The summed E-state index contributed by atoms with van der Waals surface area (Å²) in [6.07, 6.45) is 0.787. The Kier molecular flexibility index (Phi) is 7.35.